The summed E-state index contributed by atoms with van der Waals surface area (Å²) in [4.78, 5) is 0. The molecule has 0 nitrogen and oxygen atoms in total. The van der Waals surface area contributed by atoms with Gasteiger partial charge in [-0.25, -0.2) is 0 Å². The molecule has 0 bridgehead atoms. The van der Waals surface area contributed by atoms with E-state index in [0.717, 1.165) is 35.2 Å². The third-order valence-electron chi connectivity index (χ3n) is 12.8. The van der Waals surface area contributed by atoms with Crippen LogP contribution in [0.2, 0.25) is 0 Å². The molecule has 2 unspecified atom stereocenters. The molecule has 2 atom stereocenters. The van der Waals surface area contributed by atoms with Gasteiger partial charge in [-0.3, -0.25) is 0 Å². The van der Waals surface area contributed by atoms with E-state index in [0.29, 0.717) is 11.8 Å². The third kappa shape index (κ3) is 10.8. The van der Waals surface area contributed by atoms with Crippen LogP contribution in [0.3, 0.4) is 0 Å². The molecule has 62 heavy (non-hydrogen) atoms. The number of aryl methyl sites for hydroxylation is 4. The number of hydrogen-bond donors (Lipinski definition) is 0. The second-order valence-corrected chi connectivity index (χ2v) is 21.4. The van der Waals surface area contributed by atoms with Crippen LogP contribution in [0.25, 0.3) is 54.9 Å². The predicted molar refractivity (Wildman–Crippen MR) is 272 cm³/mol. The molecule has 0 aromatic heterocycles. The molecule has 0 N–H and O–H groups in total. The van der Waals surface area contributed by atoms with Crippen molar-refractivity contribution in [2.24, 2.45) is 0 Å². The van der Waals surface area contributed by atoms with Crippen molar-refractivity contribution in [3.8, 4) is 33.4 Å². The topological polar surface area (TPSA) is 0 Å². The minimum atomic E-state index is -0.826. The fraction of sp³-hybridized carbons (Fsp3) is 0.276. The molecule has 1 aliphatic heterocycles. The van der Waals surface area contributed by atoms with Crippen molar-refractivity contribution < 1.29 is 20.8 Å². The number of rotatable bonds is 10. The van der Waals surface area contributed by atoms with Gasteiger partial charge in [0.1, 0.15) is 0 Å². The number of fused-ring (bicyclic) bond motifs is 5. The van der Waals surface area contributed by atoms with Gasteiger partial charge in [0.15, 0.2) is 0 Å². The average Bonchev–Trinajstić information content (AvgIpc) is 4.07. The third-order valence-corrected chi connectivity index (χ3v) is 14.2. The average molecular weight is 948 g/mol. The van der Waals surface area contributed by atoms with E-state index in [9.17, 15) is 0 Å². The van der Waals surface area contributed by atoms with Gasteiger partial charge in [0.05, 0.1) is 9.52 Å². The molecule has 4 heteroatoms. The summed E-state index contributed by atoms with van der Waals surface area (Å²) in [6, 6.07) is 54.9. The Bertz CT molecular complexity index is 2500. The first kappa shape index (κ1) is 47.7. The quantitative estimate of drug-likeness (QED) is 0.0947. The van der Waals surface area contributed by atoms with E-state index in [1.807, 2.05) is 6.07 Å². The van der Waals surface area contributed by atoms with Crippen molar-refractivity contribution in [1.29, 1.82) is 0 Å². The summed E-state index contributed by atoms with van der Waals surface area (Å²) >= 11 is -0.826. The summed E-state index contributed by atoms with van der Waals surface area (Å²) in [5.74, 6) is 1.25. The molecule has 0 spiro atoms. The molecule has 1 aliphatic rings. The maximum absolute atomic E-state index is 4.93. The van der Waals surface area contributed by atoms with E-state index in [2.05, 4.69) is 195 Å². The minimum absolute atomic E-state index is 0.627. The molecule has 2 radical (unpaired) electrons. The Kier molecular flexibility index (Phi) is 17.9. The van der Waals surface area contributed by atoms with Crippen LogP contribution in [-0.4, -0.2) is 9.52 Å². The summed E-state index contributed by atoms with van der Waals surface area (Å²) in [5, 5.41) is 8.46. The second-order valence-electron chi connectivity index (χ2n) is 16.3. The van der Waals surface area contributed by atoms with E-state index >= 15 is 0 Å². The molecule has 1 heterocycles. The molecule has 0 aliphatic carbocycles. The van der Waals surface area contributed by atoms with Crippen LogP contribution in [0.1, 0.15) is 113 Å². The maximum Gasteiger partial charge on any atom is 0.0920 e. The van der Waals surface area contributed by atoms with E-state index < -0.39 is 20.8 Å². The Morgan fingerprint density at radius 2 is 0.935 bits per heavy atom. The Balaban J connectivity index is 0.000000155. The van der Waals surface area contributed by atoms with Crippen molar-refractivity contribution >= 4 is 58.5 Å². The first-order valence-electron chi connectivity index (χ1n) is 22.7. The molecule has 8 aromatic rings. The Morgan fingerprint density at radius 3 is 1.39 bits per heavy atom. The van der Waals surface area contributed by atoms with Crippen LogP contribution < -0.4 is 10.4 Å². The zero-order valence-electron chi connectivity index (χ0n) is 37.9. The summed E-state index contributed by atoms with van der Waals surface area (Å²) in [6.07, 6.45) is 6.69. The van der Waals surface area contributed by atoms with Crippen molar-refractivity contribution in [2.45, 2.75) is 106 Å². The fourth-order valence-electron chi connectivity index (χ4n) is 8.84. The predicted octanol–water partition coefficient (Wildman–Crippen LogP) is 16.2. The molecular weight excluding hydrogens is 887 g/mol. The minimum Gasteiger partial charge on any atom is -0.184 e. The fourth-order valence-corrected chi connectivity index (χ4v) is 10.1. The van der Waals surface area contributed by atoms with E-state index in [1.54, 1.807) is 0 Å². The van der Waals surface area contributed by atoms with E-state index in [1.165, 1.54) is 112 Å². The van der Waals surface area contributed by atoms with Crippen LogP contribution in [-0.2, 0) is 46.5 Å². The second kappa shape index (κ2) is 23.2. The first-order chi connectivity index (χ1) is 30.2. The summed E-state index contributed by atoms with van der Waals surface area (Å²) in [5.41, 5.74) is 17.3. The smallest absolute Gasteiger partial charge is 0.0920 e. The van der Waals surface area contributed by atoms with Crippen LogP contribution in [0.15, 0.2) is 140 Å². The standard InChI is InChI=1S/2C23H27.C12H7Si.2ClH.Zr/c2*1-5-16(4)20-14-19-13-12-18(7-3)23(22(19)15-20)21-11-9-8-10-17(21)6-2;1-3-7-11-9(5-1)10-6-2-4-8-12(10)13-11;;;/h2*8-16H,5-7H2,1-4H3;1-7H;2*1H;/q3*-1;;;+2/p-2. The van der Waals surface area contributed by atoms with Crippen molar-refractivity contribution in [3.63, 3.8) is 0 Å². The van der Waals surface area contributed by atoms with Gasteiger partial charge in [-0.15, -0.1) is 74.6 Å². The zero-order valence-corrected chi connectivity index (χ0v) is 42.9. The van der Waals surface area contributed by atoms with E-state index in [4.69, 9.17) is 17.0 Å². The van der Waals surface area contributed by atoms with Crippen molar-refractivity contribution in [2.75, 3.05) is 0 Å². The molecule has 9 rings (SSSR count). The van der Waals surface area contributed by atoms with Gasteiger partial charge in [0.25, 0.3) is 0 Å². The van der Waals surface area contributed by atoms with Gasteiger partial charge in [-0.1, -0.05) is 174 Å². The van der Waals surface area contributed by atoms with Crippen molar-refractivity contribution in [3.05, 3.63) is 179 Å². The molecule has 0 amide bonds. The largest absolute Gasteiger partial charge is 0.184 e. The Hall–Kier alpha value is -3.78. The first-order valence-corrected chi connectivity index (χ1v) is 30.0. The van der Waals surface area contributed by atoms with Gasteiger partial charge in [0.2, 0.25) is 0 Å². The maximum atomic E-state index is 4.93. The van der Waals surface area contributed by atoms with Crippen LogP contribution in [0.5, 0.6) is 0 Å². The number of benzene rings is 6. The molecule has 8 aromatic carbocycles. The normalized spacial score (nSPS) is 12.2. The zero-order chi connectivity index (χ0) is 44.2. The molecule has 0 saturated heterocycles. The summed E-state index contributed by atoms with van der Waals surface area (Å²) in [6.45, 7) is 18.2. The molecule has 0 fully saturated rings. The monoisotopic (exact) mass is 945 g/mol. The van der Waals surface area contributed by atoms with E-state index in [-0.39, 0.29) is 0 Å². The Morgan fingerprint density at radius 1 is 0.516 bits per heavy atom. The van der Waals surface area contributed by atoms with Crippen molar-refractivity contribution in [1.82, 2.24) is 0 Å². The van der Waals surface area contributed by atoms with Gasteiger partial charge in [-0.05, 0) is 59.8 Å². The number of hydrogen-bond acceptors (Lipinski definition) is 0. The van der Waals surface area contributed by atoms with Gasteiger partial charge in [-0.2, -0.15) is 41.6 Å². The molecule has 318 valence electrons. The number of halogens is 2. The van der Waals surface area contributed by atoms with Gasteiger partial charge >= 0.3 is 37.9 Å². The van der Waals surface area contributed by atoms with Gasteiger partial charge < -0.3 is 0 Å². The van der Waals surface area contributed by atoms with Crippen LogP contribution in [0, 0.1) is 6.07 Å². The summed E-state index contributed by atoms with van der Waals surface area (Å²) in [7, 11) is 10.7. The van der Waals surface area contributed by atoms with Crippen LogP contribution in [0.4, 0.5) is 0 Å². The SMILES string of the molecule is CCc1ccccc1-c1c(CC)ccc2[cH-]c(C(C)CC)cc12.CCc1ccccc1-c1c(CC)ccc2[cH-]c(C(C)CC)cc12.[Cl][Zr][Cl].[c-]1cccc2c1[Si]c1ccccc1-2. The molecular formula is C58H61Cl2SiZr-3. The Labute approximate surface area is 394 Å². The molecule has 0 saturated carbocycles. The van der Waals surface area contributed by atoms with Gasteiger partial charge in [0, 0.05) is 0 Å². The van der Waals surface area contributed by atoms with Crippen LogP contribution >= 0.6 is 17.0 Å². The summed E-state index contributed by atoms with van der Waals surface area (Å²) < 4.78 is 0.